The van der Waals surface area contributed by atoms with Gasteiger partial charge in [0.05, 0.1) is 5.69 Å². The van der Waals surface area contributed by atoms with Gasteiger partial charge in [0.25, 0.3) is 0 Å². The largest absolute Gasteiger partial charge is 0.356 e. The maximum absolute atomic E-state index is 12.7. The topological polar surface area (TPSA) is 54.9 Å². The number of hydrogen-bond donors (Lipinski definition) is 1. The van der Waals surface area contributed by atoms with E-state index in [2.05, 4.69) is 39.6 Å². The SMILES string of the molecule is O=C(CC(c1ccccc1)c1ccccc1)NCCc1csc(-c2cccnc2)n1. The van der Waals surface area contributed by atoms with E-state index in [0.29, 0.717) is 19.4 Å². The van der Waals surface area contributed by atoms with Crippen LogP contribution < -0.4 is 5.32 Å². The molecule has 2 aromatic carbocycles. The van der Waals surface area contributed by atoms with Crippen molar-refractivity contribution < 1.29 is 4.79 Å². The van der Waals surface area contributed by atoms with E-state index in [9.17, 15) is 4.79 Å². The first kappa shape index (κ1) is 20.0. The van der Waals surface area contributed by atoms with Gasteiger partial charge in [-0.25, -0.2) is 4.98 Å². The number of nitrogens with zero attached hydrogens (tertiary/aromatic N) is 2. The van der Waals surface area contributed by atoms with Crippen molar-refractivity contribution in [3.8, 4) is 10.6 Å². The maximum atomic E-state index is 12.7. The van der Waals surface area contributed by atoms with Gasteiger partial charge in [0.1, 0.15) is 5.01 Å². The molecule has 0 bridgehead atoms. The van der Waals surface area contributed by atoms with E-state index in [1.807, 2.05) is 60.1 Å². The molecule has 150 valence electrons. The van der Waals surface area contributed by atoms with Gasteiger partial charge in [0.15, 0.2) is 0 Å². The smallest absolute Gasteiger partial charge is 0.220 e. The van der Waals surface area contributed by atoms with Gasteiger partial charge in [-0.15, -0.1) is 11.3 Å². The van der Waals surface area contributed by atoms with Gasteiger partial charge in [-0.2, -0.15) is 0 Å². The molecule has 0 aliphatic heterocycles. The zero-order valence-electron chi connectivity index (χ0n) is 16.6. The summed E-state index contributed by atoms with van der Waals surface area (Å²) in [5.74, 6) is 0.0966. The number of thiazole rings is 1. The monoisotopic (exact) mass is 413 g/mol. The molecule has 0 radical (unpaired) electrons. The van der Waals surface area contributed by atoms with E-state index < -0.39 is 0 Å². The van der Waals surface area contributed by atoms with Crippen molar-refractivity contribution in [2.75, 3.05) is 6.54 Å². The molecule has 0 atom stereocenters. The molecule has 5 heteroatoms. The lowest BCUT2D eigenvalue weighted by molar-refractivity contribution is -0.121. The Morgan fingerprint density at radius 2 is 1.63 bits per heavy atom. The first-order valence-electron chi connectivity index (χ1n) is 10.0. The van der Waals surface area contributed by atoms with Crippen molar-refractivity contribution in [2.45, 2.75) is 18.8 Å². The first-order valence-corrected chi connectivity index (χ1v) is 10.9. The van der Waals surface area contributed by atoms with E-state index in [4.69, 9.17) is 0 Å². The highest BCUT2D eigenvalue weighted by molar-refractivity contribution is 7.13. The highest BCUT2D eigenvalue weighted by atomic mass is 32.1. The Labute approximate surface area is 180 Å². The number of carbonyl (C=O) groups excluding carboxylic acids is 1. The van der Waals surface area contributed by atoms with Crippen molar-refractivity contribution in [1.82, 2.24) is 15.3 Å². The lowest BCUT2D eigenvalue weighted by Gasteiger charge is -2.17. The minimum Gasteiger partial charge on any atom is -0.356 e. The Morgan fingerprint density at radius 1 is 0.933 bits per heavy atom. The van der Waals surface area contributed by atoms with Crippen LogP contribution in [0.1, 0.15) is 29.2 Å². The summed E-state index contributed by atoms with van der Waals surface area (Å²) in [7, 11) is 0. The van der Waals surface area contributed by atoms with Gasteiger partial charge in [0.2, 0.25) is 5.91 Å². The Bertz CT molecular complexity index is 1030. The number of amides is 1. The second-order valence-electron chi connectivity index (χ2n) is 7.06. The number of rotatable bonds is 8. The zero-order valence-corrected chi connectivity index (χ0v) is 17.4. The number of pyridine rings is 1. The Hall–Kier alpha value is -3.31. The maximum Gasteiger partial charge on any atom is 0.220 e. The average Bonchev–Trinajstić information content (AvgIpc) is 3.28. The summed E-state index contributed by atoms with van der Waals surface area (Å²) in [6.07, 6.45) is 4.71. The van der Waals surface area contributed by atoms with E-state index in [1.165, 1.54) is 0 Å². The second kappa shape index (κ2) is 9.94. The number of benzene rings is 2. The average molecular weight is 414 g/mol. The van der Waals surface area contributed by atoms with E-state index >= 15 is 0 Å². The predicted molar refractivity (Wildman–Crippen MR) is 121 cm³/mol. The Kier molecular flexibility index (Phi) is 6.62. The quantitative estimate of drug-likeness (QED) is 0.438. The van der Waals surface area contributed by atoms with Crippen LogP contribution in [0.15, 0.2) is 90.6 Å². The molecular formula is C25H23N3OS. The molecule has 1 N–H and O–H groups in total. The molecule has 0 aliphatic rings. The molecule has 2 aromatic heterocycles. The number of hydrogen-bond acceptors (Lipinski definition) is 4. The van der Waals surface area contributed by atoms with E-state index in [-0.39, 0.29) is 11.8 Å². The summed E-state index contributed by atoms with van der Waals surface area (Å²) in [4.78, 5) is 21.5. The van der Waals surface area contributed by atoms with Gasteiger partial charge < -0.3 is 5.32 Å². The van der Waals surface area contributed by atoms with Gasteiger partial charge in [-0.1, -0.05) is 60.7 Å². The van der Waals surface area contributed by atoms with Crippen LogP contribution in [0, 0.1) is 0 Å². The van der Waals surface area contributed by atoms with E-state index in [0.717, 1.165) is 27.4 Å². The molecule has 1 amide bonds. The molecule has 0 fully saturated rings. The third-order valence-electron chi connectivity index (χ3n) is 4.96. The van der Waals surface area contributed by atoms with Crippen molar-refractivity contribution in [3.63, 3.8) is 0 Å². The standard InChI is InChI=1S/C25H23N3OS/c29-24(16-23(19-8-3-1-4-9-19)20-10-5-2-6-11-20)27-15-13-22-18-30-25(28-22)21-12-7-14-26-17-21/h1-12,14,17-18,23H,13,15-16H2,(H,27,29). The summed E-state index contributed by atoms with van der Waals surface area (Å²) in [5.41, 5.74) is 4.31. The highest BCUT2D eigenvalue weighted by Crippen LogP contribution is 2.28. The lowest BCUT2D eigenvalue weighted by atomic mass is 9.88. The third-order valence-corrected chi connectivity index (χ3v) is 5.90. The summed E-state index contributed by atoms with van der Waals surface area (Å²) in [6.45, 7) is 0.575. The predicted octanol–water partition coefficient (Wildman–Crippen LogP) is 5.09. The summed E-state index contributed by atoms with van der Waals surface area (Å²) >= 11 is 1.60. The van der Waals surface area contributed by atoms with Gasteiger partial charge in [-0.3, -0.25) is 9.78 Å². The summed E-state index contributed by atoms with van der Waals surface area (Å²) in [5, 5.41) is 6.07. The molecule has 30 heavy (non-hydrogen) atoms. The fourth-order valence-electron chi connectivity index (χ4n) is 3.43. The number of aromatic nitrogens is 2. The Morgan fingerprint density at radius 3 is 2.27 bits per heavy atom. The molecule has 0 saturated heterocycles. The molecule has 4 aromatic rings. The van der Waals surface area contributed by atoms with E-state index in [1.54, 1.807) is 17.5 Å². The lowest BCUT2D eigenvalue weighted by Crippen LogP contribution is -2.27. The van der Waals surface area contributed by atoms with Gasteiger partial charge in [-0.05, 0) is 23.3 Å². The molecular weight excluding hydrogens is 390 g/mol. The van der Waals surface area contributed by atoms with Crippen LogP contribution in [-0.4, -0.2) is 22.4 Å². The Balaban J connectivity index is 1.35. The van der Waals surface area contributed by atoms with Crippen LogP contribution in [0.3, 0.4) is 0 Å². The van der Waals surface area contributed by atoms with Crippen LogP contribution >= 0.6 is 11.3 Å². The van der Waals surface area contributed by atoms with Crippen LogP contribution in [0.2, 0.25) is 0 Å². The molecule has 0 unspecified atom stereocenters. The second-order valence-corrected chi connectivity index (χ2v) is 7.92. The van der Waals surface area contributed by atoms with Crippen molar-refractivity contribution >= 4 is 17.2 Å². The number of nitrogens with one attached hydrogen (secondary N) is 1. The summed E-state index contributed by atoms with van der Waals surface area (Å²) in [6, 6.07) is 24.3. The highest BCUT2D eigenvalue weighted by Gasteiger charge is 2.18. The minimum absolute atomic E-state index is 0.0452. The van der Waals surface area contributed by atoms with Crippen LogP contribution in [-0.2, 0) is 11.2 Å². The van der Waals surface area contributed by atoms with Crippen molar-refractivity contribution in [1.29, 1.82) is 0 Å². The van der Waals surface area contributed by atoms with Crippen LogP contribution in [0.5, 0.6) is 0 Å². The van der Waals surface area contributed by atoms with Gasteiger partial charge in [0, 0.05) is 48.6 Å². The normalized spacial score (nSPS) is 10.8. The van der Waals surface area contributed by atoms with Crippen molar-refractivity contribution in [3.05, 3.63) is 107 Å². The molecule has 0 saturated carbocycles. The molecule has 0 spiro atoms. The number of carbonyl (C=O) groups is 1. The molecule has 0 aliphatic carbocycles. The first-order chi connectivity index (χ1) is 14.8. The molecule has 4 rings (SSSR count). The summed E-state index contributed by atoms with van der Waals surface area (Å²) < 4.78 is 0. The zero-order chi connectivity index (χ0) is 20.6. The van der Waals surface area contributed by atoms with Gasteiger partial charge >= 0.3 is 0 Å². The molecule has 2 heterocycles. The van der Waals surface area contributed by atoms with Crippen LogP contribution in [0.4, 0.5) is 0 Å². The fourth-order valence-corrected chi connectivity index (χ4v) is 4.28. The minimum atomic E-state index is 0.0452. The fraction of sp³-hybridized carbons (Fsp3) is 0.160. The molecule has 4 nitrogen and oxygen atoms in total. The third kappa shape index (κ3) is 5.19. The van der Waals surface area contributed by atoms with Crippen LogP contribution in [0.25, 0.3) is 10.6 Å². The van der Waals surface area contributed by atoms with Crippen molar-refractivity contribution in [2.24, 2.45) is 0 Å².